The van der Waals surface area contributed by atoms with Gasteiger partial charge in [0.25, 0.3) is 0 Å². The van der Waals surface area contributed by atoms with Gasteiger partial charge >= 0.3 is 0 Å². The van der Waals surface area contributed by atoms with E-state index in [1.54, 1.807) is 0 Å². The fourth-order valence-electron chi connectivity index (χ4n) is 9.99. The Hall–Kier alpha value is -7.42. The number of benzene rings is 10. The van der Waals surface area contributed by atoms with Gasteiger partial charge in [-0.25, -0.2) is 0 Å². The second-order valence-electron chi connectivity index (χ2n) is 16.1. The van der Waals surface area contributed by atoms with Gasteiger partial charge in [0, 0.05) is 47.0 Å². The van der Waals surface area contributed by atoms with E-state index in [2.05, 4.69) is 217 Å². The molecule has 0 saturated carbocycles. The van der Waals surface area contributed by atoms with E-state index in [4.69, 9.17) is 0 Å². The van der Waals surface area contributed by atoms with Gasteiger partial charge in [-0.3, -0.25) is 0 Å². The predicted octanol–water partition coefficient (Wildman–Crippen LogP) is 15.5. The molecule has 12 rings (SSSR count). The molecule has 0 aliphatic carbocycles. The molecule has 0 bridgehead atoms. The van der Waals surface area contributed by atoms with Crippen molar-refractivity contribution >= 4 is 66.4 Å². The summed E-state index contributed by atoms with van der Waals surface area (Å²) >= 11 is 0. The summed E-state index contributed by atoms with van der Waals surface area (Å²) in [5, 5.41) is 7.45. The summed E-state index contributed by atoms with van der Waals surface area (Å²) in [5.74, 6) is 0. The third-order valence-corrected chi connectivity index (χ3v) is 12.7. The highest BCUT2D eigenvalue weighted by atomic mass is 15.2. The third-order valence-electron chi connectivity index (χ3n) is 12.7. The van der Waals surface area contributed by atoms with Crippen molar-refractivity contribution in [2.45, 2.75) is 19.8 Å². The summed E-state index contributed by atoms with van der Waals surface area (Å²) in [7, 11) is 0. The maximum Gasteiger partial charge on any atom is 0.0497 e. The van der Waals surface area contributed by atoms with Crippen LogP contribution < -0.4 is 9.80 Å². The Morgan fingerprint density at radius 1 is 0.339 bits per heavy atom. The molecule has 278 valence electrons. The molecule has 2 nitrogen and oxygen atoms in total. The Kier molecular flexibility index (Phi) is 7.61. The number of aryl methyl sites for hydroxylation is 1. The molecule has 10 aromatic carbocycles. The quantitative estimate of drug-likeness (QED) is 0.165. The van der Waals surface area contributed by atoms with Crippen LogP contribution in [0.4, 0.5) is 34.1 Å². The molecule has 0 amide bonds. The Balaban J connectivity index is 1.20. The van der Waals surface area contributed by atoms with Crippen LogP contribution in [0.2, 0.25) is 0 Å². The molecule has 2 heterocycles. The zero-order chi connectivity index (χ0) is 39.0. The highest BCUT2D eigenvalue weighted by Gasteiger charge is 2.28. The van der Waals surface area contributed by atoms with Crippen LogP contribution in [0.5, 0.6) is 0 Å². The Morgan fingerprint density at radius 2 is 0.780 bits per heavy atom. The highest BCUT2D eigenvalue weighted by molar-refractivity contribution is 6.24. The van der Waals surface area contributed by atoms with Crippen LogP contribution in [-0.2, 0) is 12.8 Å². The van der Waals surface area contributed by atoms with Crippen molar-refractivity contribution in [3.05, 3.63) is 228 Å². The molecule has 59 heavy (non-hydrogen) atoms. The van der Waals surface area contributed by atoms with Gasteiger partial charge in [-0.05, 0) is 132 Å². The van der Waals surface area contributed by atoms with Crippen LogP contribution in [0.3, 0.4) is 0 Å². The summed E-state index contributed by atoms with van der Waals surface area (Å²) in [6, 6.07) is 74.7. The number of nitrogens with zero attached hydrogens (tertiary/aromatic N) is 2. The molecule has 0 spiro atoms. The lowest BCUT2D eigenvalue weighted by Gasteiger charge is -2.34. The predicted molar refractivity (Wildman–Crippen MR) is 250 cm³/mol. The fraction of sp³-hybridized carbons (Fsp3) is 0.0526. The number of hydrogen-bond acceptors (Lipinski definition) is 2. The fourth-order valence-corrected chi connectivity index (χ4v) is 9.99. The number of rotatable bonds is 4. The average Bonchev–Trinajstić information content (AvgIpc) is 3.29. The first-order valence-corrected chi connectivity index (χ1v) is 20.7. The van der Waals surface area contributed by atoms with E-state index in [0.717, 1.165) is 24.2 Å². The van der Waals surface area contributed by atoms with Crippen LogP contribution in [0, 0.1) is 6.92 Å². The molecule has 0 unspecified atom stereocenters. The first-order valence-electron chi connectivity index (χ1n) is 20.7. The molecule has 2 aliphatic rings. The first kappa shape index (κ1) is 33.7. The van der Waals surface area contributed by atoms with Gasteiger partial charge in [0.1, 0.15) is 0 Å². The number of anilines is 6. The van der Waals surface area contributed by atoms with Crippen LogP contribution >= 0.6 is 0 Å². The van der Waals surface area contributed by atoms with Crippen molar-refractivity contribution in [2.24, 2.45) is 0 Å². The van der Waals surface area contributed by atoms with Gasteiger partial charge in [-0.1, -0.05) is 157 Å². The molecular weight excluding hydrogens is 713 g/mol. The molecule has 0 radical (unpaired) electrons. The third kappa shape index (κ3) is 5.34. The van der Waals surface area contributed by atoms with Gasteiger partial charge in [-0.15, -0.1) is 0 Å². The van der Waals surface area contributed by atoms with Crippen LogP contribution in [0.1, 0.15) is 27.8 Å². The lowest BCUT2D eigenvalue weighted by atomic mass is 9.83. The van der Waals surface area contributed by atoms with Gasteiger partial charge in [-0.2, -0.15) is 0 Å². The topological polar surface area (TPSA) is 6.48 Å². The van der Waals surface area contributed by atoms with Crippen molar-refractivity contribution in [3.63, 3.8) is 0 Å². The van der Waals surface area contributed by atoms with Crippen molar-refractivity contribution in [3.8, 4) is 22.3 Å². The monoisotopic (exact) mass is 752 g/mol. The van der Waals surface area contributed by atoms with Crippen molar-refractivity contribution in [2.75, 3.05) is 9.80 Å². The van der Waals surface area contributed by atoms with Crippen molar-refractivity contribution in [1.29, 1.82) is 0 Å². The molecular formula is C57H40N2. The minimum Gasteiger partial charge on any atom is -0.310 e. The molecule has 0 saturated heterocycles. The van der Waals surface area contributed by atoms with Crippen LogP contribution in [0.25, 0.3) is 54.6 Å². The zero-order valence-corrected chi connectivity index (χ0v) is 32.9. The Morgan fingerprint density at radius 3 is 1.32 bits per heavy atom. The standard InChI is InChI=1S/C57H40N2/c1-37-25-27-39(28-26-37)56-48-31-29-45(59-54-23-10-5-16-42(54)34-43-17-6-11-24-55(43)59)36-51(48)57(47-20-12-18-38-13-2-7-19-46(38)47)49-32-30-44(35-50(49)56)58-52-21-8-3-14-40(52)33-41-15-4-9-22-53(41)58/h2-32,35-36H,33-34H2,1H3. The van der Waals surface area contributed by atoms with Gasteiger partial charge in [0.15, 0.2) is 0 Å². The van der Waals surface area contributed by atoms with Gasteiger partial charge in [0.2, 0.25) is 0 Å². The molecule has 0 aromatic heterocycles. The minimum absolute atomic E-state index is 0.925. The van der Waals surface area contributed by atoms with E-state index < -0.39 is 0 Å². The first-order chi connectivity index (χ1) is 29.2. The minimum atomic E-state index is 0.925. The Labute approximate surface area is 344 Å². The molecule has 0 fully saturated rings. The molecule has 0 atom stereocenters. The number of hydrogen-bond donors (Lipinski definition) is 0. The van der Waals surface area contributed by atoms with Gasteiger partial charge in [0.05, 0.1) is 0 Å². The maximum absolute atomic E-state index is 2.48. The average molecular weight is 753 g/mol. The van der Waals surface area contributed by atoms with E-state index in [1.165, 1.54) is 105 Å². The lowest BCUT2D eigenvalue weighted by molar-refractivity contribution is 1.09. The summed E-state index contributed by atoms with van der Waals surface area (Å²) in [6.07, 6.45) is 1.85. The molecule has 2 aliphatic heterocycles. The van der Waals surface area contributed by atoms with Crippen molar-refractivity contribution in [1.82, 2.24) is 0 Å². The normalized spacial score (nSPS) is 13.0. The van der Waals surface area contributed by atoms with E-state index in [0.29, 0.717) is 0 Å². The zero-order valence-electron chi connectivity index (χ0n) is 32.9. The molecule has 0 N–H and O–H groups in total. The van der Waals surface area contributed by atoms with Gasteiger partial charge < -0.3 is 9.80 Å². The summed E-state index contributed by atoms with van der Waals surface area (Å²) in [6.45, 7) is 2.17. The van der Waals surface area contributed by atoms with E-state index in [1.807, 2.05) is 0 Å². The Bertz CT molecular complexity index is 3210. The SMILES string of the molecule is Cc1ccc(-c2c3cc(N4c5ccccc5Cc5ccccc54)ccc3c(-c3cccc4ccccc34)c3cc(N4c5ccccc5Cc5ccccc54)ccc23)cc1. The largest absolute Gasteiger partial charge is 0.310 e. The van der Waals surface area contributed by atoms with E-state index >= 15 is 0 Å². The lowest BCUT2D eigenvalue weighted by Crippen LogP contribution is -2.18. The summed E-state index contributed by atoms with van der Waals surface area (Å²) < 4.78 is 0. The highest BCUT2D eigenvalue weighted by Crippen LogP contribution is 2.51. The molecule has 2 heteroatoms. The van der Waals surface area contributed by atoms with Crippen LogP contribution in [0.15, 0.2) is 200 Å². The second kappa shape index (κ2) is 13.3. The van der Waals surface area contributed by atoms with E-state index in [-0.39, 0.29) is 0 Å². The van der Waals surface area contributed by atoms with Crippen LogP contribution in [-0.4, -0.2) is 0 Å². The maximum atomic E-state index is 2.48. The summed E-state index contributed by atoms with van der Waals surface area (Å²) in [5.41, 5.74) is 18.9. The second-order valence-corrected chi connectivity index (χ2v) is 16.1. The molecule has 10 aromatic rings. The number of fused-ring (bicyclic) bond motifs is 7. The van der Waals surface area contributed by atoms with Crippen molar-refractivity contribution < 1.29 is 0 Å². The number of para-hydroxylation sites is 4. The van der Waals surface area contributed by atoms with E-state index in [9.17, 15) is 0 Å². The smallest absolute Gasteiger partial charge is 0.0497 e. The summed E-state index contributed by atoms with van der Waals surface area (Å²) in [4.78, 5) is 4.95.